The summed E-state index contributed by atoms with van der Waals surface area (Å²) in [5.74, 6) is -1.18. The maximum absolute atomic E-state index is 11.9. The minimum absolute atomic E-state index is 0.118. The van der Waals surface area contributed by atoms with Gasteiger partial charge in [-0.25, -0.2) is 0 Å². The van der Waals surface area contributed by atoms with Crippen molar-refractivity contribution in [3.05, 3.63) is 0 Å². The third kappa shape index (κ3) is 3.38. The second kappa shape index (κ2) is 4.20. The van der Waals surface area contributed by atoms with Crippen molar-refractivity contribution in [2.75, 3.05) is 13.1 Å². The number of nitrogens with zero attached hydrogens (tertiary/aromatic N) is 1. The Bertz CT molecular complexity index is 414. The van der Waals surface area contributed by atoms with Crippen LogP contribution in [0.5, 0.6) is 0 Å². The van der Waals surface area contributed by atoms with Crippen LogP contribution < -0.4 is 10.5 Å². The molecule has 1 fully saturated rings. The molecule has 1 rings (SSSR count). The van der Waals surface area contributed by atoms with Gasteiger partial charge in [-0.3, -0.25) is 4.79 Å². The number of hydrogen-bond donors (Lipinski definition) is 3. The van der Waals surface area contributed by atoms with Crippen molar-refractivity contribution in [2.45, 2.75) is 38.3 Å². The molecule has 1 atom stereocenters. The van der Waals surface area contributed by atoms with Crippen LogP contribution >= 0.6 is 0 Å². The molecule has 4 N–H and O–H groups in total. The van der Waals surface area contributed by atoms with Gasteiger partial charge in [-0.05, 0) is 27.2 Å². The molecular formula is C9H19N3O4S. The molecule has 100 valence electrons. The third-order valence-corrected chi connectivity index (χ3v) is 4.33. The van der Waals surface area contributed by atoms with E-state index in [1.54, 1.807) is 20.8 Å². The summed E-state index contributed by atoms with van der Waals surface area (Å²) in [6.45, 7) is 5.07. The first-order valence-electron chi connectivity index (χ1n) is 5.28. The minimum Gasteiger partial charge on any atom is -0.480 e. The number of carboxylic acids is 1. The molecule has 0 spiro atoms. The average Bonchev–Trinajstić information content (AvgIpc) is 2.45. The van der Waals surface area contributed by atoms with Crippen LogP contribution in [0.1, 0.15) is 27.2 Å². The van der Waals surface area contributed by atoms with E-state index in [2.05, 4.69) is 4.72 Å². The normalized spacial score (nSPS) is 27.3. The van der Waals surface area contributed by atoms with Crippen LogP contribution in [0.2, 0.25) is 0 Å². The zero-order chi connectivity index (χ0) is 13.5. The van der Waals surface area contributed by atoms with Crippen LogP contribution in [0.4, 0.5) is 0 Å². The highest BCUT2D eigenvalue weighted by atomic mass is 32.2. The van der Waals surface area contributed by atoms with Crippen molar-refractivity contribution in [3.63, 3.8) is 0 Å². The molecule has 0 saturated carbocycles. The van der Waals surface area contributed by atoms with Gasteiger partial charge in [-0.2, -0.15) is 17.4 Å². The lowest BCUT2D eigenvalue weighted by atomic mass is 10.0. The SMILES string of the molecule is CC(C)(C)NS(=O)(=O)N1CCC(N)(C(=O)O)C1. The monoisotopic (exact) mass is 265 g/mol. The molecule has 8 heteroatoms. The number of carbonyl (C=O) groups is 1. The van der Waals surface area contributed by atoms with Gasteiger partial charge in [0, 0.05) is 18.6 Å². The van der Waals surface area contributed by atoms with E-state index in [0.29, 0.717) is 0 Å². The van der Waals surface area contributed by atoms with Gasteiger partial charge in [0.25, 0.3) is 10.2 Å². The van der Waals surface area contributed by atoms with Gasteiger partial charge in [0.15, 0.2) is 0 Å². The lowest BCUT2D eigenvalue weighted by molar-refractivity contribution is -0.142. The first-order valence-corrected chi connectivity index (χ1v) is 6.72. The maximum atomic E-state index is 11.9. The van der Waals surface area contributed by atoms with Gasteiger partial charge in [0.05, 0.1) is 0 Å². The standard InChI is InChI=1S/C9H19N3O4S/c1-8(2,3)11-17(15,16)12-5-4-9(10,6-12)7(13)14/h11H,4-6,10H2,1-3H3,(H,13,14). The molecule has 0 aromatic heterocycles. The van der Waals surface area contributed by atoms with Crippen molar-refractivity contribution in [2.24, 2.45) is 5.73 Å². The molecule has 0 aromatic carbocycles. The smallest absolute Gasteiger partial charge is 0.325 e. The molecule has 0 aromatic rings. The molecule has 1 aliphatic rings. The summed E-state index contributed by atoms with van der Waals surface area (Å²) in [6.07, 6.45) is 0.118. The largest absolute Gasteiger partial charge is 0.480 e. The fourth-order valence-electron chi connectivity index (χ4n) is 1.63. The Balaban J connectivity index is 2.82. The predicted octanol–water partition coefficient (Wildman–Crippen LogP) is -0.893. The molecule has 1 heterocycles. The van der Waals surface area contributed by atoms with Crippen LogP contribution in [-0.4, -0.2) is 48.0 Å². The number of nitrogens with two attached hydrogens (primary N) is 1. The molecule has 1 saturated heterocycles. The number of nitrogens with one attached hydrogen (secondary N) is 1. The first kappa shape index (κ1) is 14.4. The minimum atomic E-state index is -3.68. The van der Waals surface area contributed by atoms with Gasteiger partial charge in [-0.1, -0.05) is 0 Å². The van der Waals surface area contributed by atoms with Crippen LogP contribution in [0, 0.1) is 0 Å². The van der Waals surface area contributed by atoms with E-state index in [1.165, 1.54) is 0 Å². The highest BCUT2D eigenvalue weighted by molar-refractivity contribution is 7.87. The fraction of sp³-hybridized carbons (Fsp3) is 0.889. The molecule has 0 radical (unpaired) electrons. The Morgan fingerprint density at radius 3 is 2.35 bits per heavy atom. The van der Waals surface area contributed by atoms with Crippen LogP contribution in [0.25, 0.3) is 0 Å². The molecule has 1 unspecified atom stereocenters. The second-order valence-corrected chi connectivity index (χ2v) is 7.07. The Labute approximate surface area is 101 Å². The summed E-state index contributed by atoms with van der Waals surface area (Å²) in [7, 11) is -3.68. The molecule has 0 amide bonds. The Morgan fingerprint density at radius 2 is 2.00 bits per heavy atom. The summed E-state index contributed by atoms with van der Waals surface area (Å²) < 4.78 is 27.4. The summed E-state index contributed by atoms with van der Waals surface area (Å²) in [6, 6.07) is 0. The van der Waals surface area contributed by atoms with E-state index in [9.17, 15) is 13.2 Å². The van der Waals surface area contributed by atoms with Gasteiger partial charge in [0.2, 0.25) is 0 Å². The van der Waals surface area contributed by atoms with Gasteiger partial charge >= 0.3 is 5.97 Å². The molecular weight excluding hydrogens is 246 g/mol. The fourth-order valence-corrected chi connectivity index (χ4v) is 3.26. The van der Waals surface area contributed by atoms with E-state index in [4.69, 9.17) is 10.8 Å². The summed E-state index contributed by atoms with van der Waals surface area (Å²) in [5, 5.41) is 8.92. The lowest BCUT2D eigenvalue weighted by Gasteiger charge is -2.25. The lowest BCUT2D eigenvalue weighted by Crippen LogP contribution is -2.53. The Kier molecular flexibility index (Phi) is 3.55. The van der Waals surface area contributed by atoms with Crippen LogP contribution in [0.3, 0.4) is 0 Å². The summed E-state index contributed by atoms with van der Waals surface area (Å²) >= 11 is 0. The number of carboxylic acid groups (broad SMARTS) is 1. The number of rotatable bonds is 3. The van der Waals surface area contributed by atoms with Crippen molar-refractivity contribution >= 4 is 16.2 Å². The Hall–Kier alpha value is -0.700. The summed E-state index contributed by atoms with van der Waals surface area (Å²) in [5.41, 5.74) is 3.53. The zero-order valence-corrected chi connectivity index (χ0v) is 11.0. The first-order chi connectivity index (χ1) is 7.46. The highest BCUT2D eigenvalue weighted by Crippen LogP contribution is 2.22. The molecule has 1 aliphatic heterocycles. The number of hydrogen-bond acceptors (Lipinski definition) is 4. The van der Waals surface area contributed by atoms with Gasteiger partial charge in [-0.15, -0.1) is 0 Å². The highest BCUT2D eigenvalue weighted by Gasteiger charge is 2.45. The van der Waals surface area contributed by atoms with E-state index < -0.39 is 27.3 Å². The van der Waals surface area contributed by atoms with E-state index in [-0.39, 0.29) is 19.5 Å². The van der Waals surface area contributed by atoms with Crippen molar-refractivity contribution in [3.8, 4) is 0 Å². The maximum Gasteiger partial charge on any atom is 0.325 e. The second-order valence-electron chi connectivity index (χ2n) is 5.40. The number of aliphatic carboxylic acids is 1. The predicted molar refractivity (Wildman–Crippen MR) is 62.6 cm³/mol. The third-order valence-electron chi connectivity index (χ3n) is 2.47. The van der Waals surface area contributed by atoms with Crippen molar-refractivity contribution in [1.29, 1.82) is 0 Å². The van der Waals surface area contributed by atoms with Crippen LogP contribution in [-0.2, 0) is 15.0 Å². The van der Waals surface area contributed by atoms with Crippen molar-refractivity contribution < 1.29 is 18.3 Å². The molecule has 0 bridgehead atoms. The van der Waals surface area contributed by atoms with E-state index >= 15 is 0 Å². The zero-order valence-electron chi connectivity index (χ0n) is 10.2. The molecule has 0 aliphatic carbocycles. The molecule has 17 heavy (non-hydrogen) atoms. The van der Waals surface area contributed by atoms with Gasteiger partial charge in [0.1, 0.15) is 5.54 Å². The molecule has 7 nitrogen and oxygen atoms in total. The van der Waals surface area contributed by atoms with Gasteiger partial charge < -0.3 is 10.8 Å². The van der Waals surface area contributed by atoms with Crippen molar-refractivity contribution in [1.82, 2.24) is 9.03 Å². The topological polar surface area (TPSA) is 113 Å². The average molecular weight is 265 g/mol. The Morgan fingerprint density at radius 1 is 1.47 bits per heavy atom. The van der Waals surface area contributed by atoms with Crippen LogP contribution in [0.15, 0.2) is 0 Å². The van der Waals surface area contributed by atoms with E-state index in [0.717, 1.165) is 4.31 Å². The summed E-state index contributed by atoms with van der Waals surface area (Å²) in [4.78, 5) is 10.9. The quantitative estimate of drug-likeness (QED) is 0.612. The van der Waals surface area contributed by atoms with E-state index in [1.807, 2.05) is 0 Å².